The molecule has 0 aromatic heterocycles. The Morgan fingerprint density at radius 2 is 1.85 bits per heavy atom. The summed E-state index contributed by atoms with van der Waals surface area (Å²) in [7, 11) is 0. The largest absolute Gasteiger partial charge is 0.103 e. The van der Waals surface area contributed by atoms with Crippen molar-refractivity contribution in [2.75, 3.05) is 0 Å². The lowest BCUT2D eigenvalue weighted by Crippen LogP contribution is -2.16. The van der Waals surface area contributed by atoms with Crippen LogP contribution < -0.4 is 0 Å². The highest BCUT2D eigenvalue weighted by atomic mass is 14.7. The SMILES string of the molecule is C=CC(C)C1(C)CC1(C)CC(C)C. The lowest BCUT2D eigenvalue weighted by molar-refractivity contribution is 0.276. The Kier molecular flexibility index (Phi) is 2.62. The van der Waals surface area contributed by atoms with E-state index in [0.29, 0.717) is 16.7 Å². The Hall–Kier alpha value is -0.260. The standard InChI is InChI=1S/C13H24/c1-7-11(4)13(6)9-12(13,5)8-10(2)3/h7,10-11H,1,8-9H2,2-6H3. The number of hydrogen-bond donors (Lipinski definition) is 0. The van der Waals surface area contributed by atoms with E-state index >= 15 is 0 Å². The van der Waals surface area contributed by atoms with E-state index in [1.54, 1.807) is 0 Å². The lowest BCUT2D eigenvalue weighted by Gasteiger charge is -2.24. The van der Waals surface area contributed by atoms with Crippen LogP contribution in [-0.4, -0.2) is 0 Å². The van der Waals surface area contributed by atoms with Gasteiger partial charge in [-0.2, -0.15) is 0 Å². The molecule has 0 aliphatic heterocycles. The molecule has 0 heterocycles. The summed E-state index contributed by atoms with van der Waals surface area (Å²) >= 11 is 0. The summed E-state index contributed by atoms with van der Waals surface area (Å²) < 4.78 is 0. The van der Waals surface area contributed by atoms with Gasteiger partial charge >= 0.3 is 0 Å². The molecule has 1 aliphatic carbocycles. The van der Waals surface area contributed by atoms with Crippen LogP contribution in [0.5, 0.6) is 0 Å². The van der Waals surface area contributed by atoms with Gasteiger partial charge in [0.25, 0.3) is 0 Å². The maximum Gasteiger partial charge on any atom is -0.0205 e. The van der Waals surface area contributed by atoms with Crippen LogP contribution in [-0.2, 0) is 0 Å². The van der Waals surface area contributed by atoms with Gasteiger partial charge in [-0.1, -0.05) is 40.7 Å². The second kappa shape index (κ2) is 3.15. The van der Waals surface area contributed by atoms with E-state index in [9.17, 15) is 0 Å². The molecular weight excluding hydrogens is 156 g/mol. The second-order valence-corrected chi connectivity index (χ2v) is 5.78. The maximum atomic E-state index is 3.91. The first-order valence-corrected chi connectivity index (χ1v) is 5.48. The molecule has 1 fully saturated rings. The van der Waals surface area contributed by atoms with E-state index in [-0.39, 0.29) is 0 Å². The molecule has 3 atom stereocenters. The molecule has 0 aromatic carbocycles. The summed E-state index contributed by atoms with van der Waals surface area (Å²) in [6, 6.07) is 0. The van der Waals surface area contributed by atoms with Crippen LogP contribution in [0.25, 0.3) is 0 Å². The molecule has 0 radical (unpaired) electrons. The van der Waals surface area contributed by atoms with Crippen molar-refractivity contribution in [2.45, 2.75) is 47.5 Å². The zero-order valence-electron chi connectivity index (χ0n) is 9.85. The molecule has 0 amide bonds. The van der Waals surface area contributed by atoms with E-state index < -0.39 is 0 Å². The quantitative estimate of drug-likeness (QED) is 0.567. The maximum absolute atomic E-state index is 3.91. The van der Waals surface area contributed by atoms with Crippen molar-refractivity contribution in [1.82, 2.24) is 0 Å². The van der Waals surface area contributed by atoms with Gasteiger partial charge in [-0.05, 0) is 35.5 Å². The van der Waals surface area contributed by atoms with Gasteiger partial charge in [-0.3, -0.25) is 0 Å². The van der Waals surface area contributed by atoms with Crippen molar-refractivity contribution in [1.29, 1.82) is 0 Å². The highest BCUT2D eigenvalue weighted by molar-refractivity contribution is 5.14. The van der Waals surface area contributed by atoms with E-state index in [1.165, 1.54) is 12.8 Å². The van der Waals surface area contributed by atoms with Gasteiger partial charge in [-0.25, -0.2) is 0 Å². The van der Waals surface area contributed by atoms with E-state index in [4.69, 9.17) is 0 Å². The van der Waals surface area contributed by atoms with Crippen molar-refractivity contribution in [3.05, 3.63) is 12.7 Å². The summed E-state index contributed by atoms with van der Waals surface area (Å²) in [5.41, 5.74) is 1.10. The molecular formula is C13H24. The van der Waals surface area contributed by atoms with Crippen LogP contribution in [0.2, 0.25) is 0 Å². The summed E-state index contributed by atoms with van der Waals surface area (Å²) in [5, 5.41) is 0. The topological polar surface area (TPSA) is 0 Å². The Balaban J connectivity index is 2.63. The second-order valence-electron chi connectivity index (χ2n) is 5.78. The fourth-order valence-electron chi connectivity index (χ4n) is 2.94. The lowest BCUT2D eigenvalue weighted by atomic mass is 9.81. The average molecular weight is 180 g/mol. The van der Waals surface area contributed by atoms with Crippen molar-refractivity contribution in [3.8, 4) is 0 Å². The molecule has 0 spiro atoms. The van der Waals surface area contributed by atoms with Crippen LogP contribution in [0.4, 0.5) is 0 Å². The van der Waals surface area contributed by atoms with Crippen molar-refractivity contribution in [3.63, 3.8) is 0 Å². The van der Waals surface area contributed by atoms with Gasteiger partial charge in [-0.15, -0.1) is 6.58 Å². The highest BCUT2D eigenvalue weighted by Crippen LogP contribution is 2.70. The minimum absolute atomic E-state index is 0.527. The first-order chi connectivity index (χ1) is 5.85. The predicted octanol–water partition coefficient (Wildman–Crippen LogP) is 4.27. The minimum atomic E-state index is 0.527. The average Bonchev–Trinajstić information content (AvgIpc) is 2.52. The van der Waals surface area contributed by atoms with Crippen LogP contribution in [0.1, 0.15) is 47.5 Å². The highest BCUT2D eigenvalue weighted by Gasteiger charge is 2.61. The fourth-order valence-corrected chi connectivity index (χ4v) is 2.94. The van der Waals surface area contributed by atoms with Gasteiger partial charge in [0.2, 0.25) is 0 Å². The monoisotopic (exact) mass is 180 g/mol. The first-order valence-electron chi connectivity index (χ1n) is 5.48. The minimum Gasteiger partial charge on any atom is -0.103 e. The fraction of sp³-hybridized carbons (Fsp3) is 0.846. The van der Waals surface area contributed by atoms with Gasteiger partial charge < -0.3 is 0 Å². The third-order valence-corrected chi connectivity index (χ3v) is 4.23. The number of allylic oxidation sites excluding steroid dienone is 1. The molecule has 1 saturated carbocycles. The van der Waals surface area contributed by atoms with Crippen LogP contribution >= 0.6 is 0 Å². The van der Waals surface area contributed by atoms with Gasteiger partial charge in [0.05, 0.1) is 0 Å². The Morgan fingerprint density at radius 1 is 1.31 bits per heavy atom. The molecule has 0 aromatic rings. The molecule has 0 heteroatoms. The van der Waals surface area contributed by atoms with Crippen molar-refractivity contribution < 1.29 is 0 Å². The Morgan fingerprint density at radius 3 is 2.23 bits per heavy atom. The molecule has 0 saturated heterocycles. The van der Waals surface area contributed by atoms with Gasteiger partial charge in [0.1, 0.15) is 0 Å². The van der Waals surface area contributed by atoms with Crippen molar-refractivity contribution in [2.24, 2.45) is 22.7 Å². The molecule has 3 unspecified atom stereocenters. The summed E-state index contributed by atoms with van der Waals surface area (Å²) in [5.74, 6) is 1.49. The van der Waals surface area contributed by atoms with E-state index in [1.807, 2.05) is 0 Å². The van der Waals surface area contributed by atoms with Crippen LogP contribution in [0, 0.1) is 22.7 Å². The normalized spacial score (nSPS) is 40.5. The zero-order valence-corrected chi connectivity index (χ0v) is 9.85. The molecule has 0 N–H and O–H groups in total. The molecule has 76 valence electrons. The van der Waals surface area contributed by atoms with Gasteiger partial charge in [0.15, 0.2) is 0 Å². The van der Waals surface area contributed by atoms with E-state index in [0.717, 1.165) is 5.92 Å². The molecule has 1 aliphatic rings. The smallest absolute Gasteiger partial charge is 0.0205 e. The Bertz CT molecular complexity index is 204. The summed E-state index contributed by atoms with van der Waals surface area (Å²) in [6.45, 7) is 15.7. The molecule has 0 nitrogen and oxygen atoms in total. The Labute approximate surface area is 83.4 Å². The summed E-state index contributed by atoms with van der Waals surface area (Å²) in [4.78, 5) is 0. The van der Waals surface area contributed by atoms with Crippen LogP contribution in [0.15, 0.2) is 12.7 Å². The molecule has 13 heavy (non-hydrogen) atoms. The van der Waals surface area contributed by atoms with E-state index in [2.05, 4.69) is 47.3 Å². The van der Waals surface area contributed by atoms with Crippen LogP contribution in [0.3, 0.4) is 0 Å². The summed E-state index contributed by atoms with van der Waals surface area (Å²) in [6.07, 6.45) is 4.86. The molecule has 1 rings (SSSR count). The number of rotatable bonds is 4. The third kappa shape index (κ3) is 1.68. The zero-order chi connectivity index (χ0) is 10.3. The molecule has 0 bridgehead atoms. The first kappa shape index (κ1) is 10.8. The number of hydrogen-bond acceptors (Lipinski definition) is 0. The third-order valence-electron chi connectivity index (χ3n) is 4.23. The van der Waals surface area contributed by atoms with Crippen molar-refractivity contribution >= 4 is 0 Å². The predicted molar refractivity (Wildman–Crippen MR) is 59.6 cm³/mol. The van der Waals surface area contributed by atoms with Gasteiger partial charge in [0, 0.05) is 0 Å².